The Kier molecular flexibility index (Phi) is 4.84. The number of nitrogen functional groups attached to an aromatic ring is 1. The number of aromatic carboxylic acids is 1. The maximum atomic E-state index is 11.5. The molecule has 6 heteroatoms. The normalized spacial score (nSPS) is 9.94. The number of benzene rings is 1. The van der Waals surface area contributed by atoms with Crippen molar-refractivity contribution in [3.8, 4) is 0 Å². The Balaban J connectivity index is 2.85. The molecule has 0 fully saturated rings. The number of amides is 1. The molecule has 0 heterocycles. The van der Waals surface area contributed by atoms with E-state index in [1.165, 1.54) is 18.2 Å². The average Bonchev–Trinajstić information content (AvgIpc) is 2.26. The standard InChI is InChI=1S/C11H14N2O3S/c1-17-5-4-10(14)13-9-6-7(12)2-3-8(9)11(15)16/h2-3,6H,4-5,12H2,1H3,(H,13,14)(H,15,16). The number of carboxylic acids is 1. The van der Waals surface area contributed by atoms with Gasteiger partial charge in [0, 0.05) is 17.9 Å². The minimum absolute atomic E-state index is 0.0386. The van der Waals surface area contributed by atoms with E-state index >= 15 is 0 Å². The summed E-state index contributed by atoms with van der Waals surface area (Å²) < 4.78 is 0. The molecule has 17 heavy (non-hydrogen) atoms. The van der Waals surface area contributed by atoms with Crippen LogP contribution in [0.4, 0.5) is 11.4 Å². The van der Waals surface area contributed by atoms with Crippen molar-refractivity contribution in [1.29, 1.82) is 0 Å². The average molecular weight is 254 g/mol. The number of nitrogens with two attached hydrogens (primary N) is 1. The number of carbonyl (C=O) groups is 2. The van der Waals surface area contributed by atoms with Crippen LogP contribution < -0.4 is 11.1 Å². The minimum atomic E-state index is -1.09. The van der Waals surface area contributed by atoms with Gasteiger partial charge in [0.25, 0.3) is 0 Å². The molecule has 1 rings (SSSR count). The van der Waals surface area contributed by atoms with Crippen LogP contribution in [-0.4, -0.2) is 29.0 Å². The van der Waals surface area contributed by atoms with E-state index in [4.69, 9.17) is 10.8 Å². The summed E-state index contributed by atoms with van der Waals surface area (Å²) in [5.41, 5.74) is 6.25. The number of nitrogens with one attached hydrogen (secondary N) is 1. The summed E-state index contributed by atoms with van der Waals surface area (Å²) in [5, 5.41) is 11.5. The molecule has 0 saturated heterocycles. The first-order valence-corrected chi connectivity index (χ1v) is 6.35. The van der Waals surface area contributed by atoms with Gasteiger partial charge in [-0.25, -0.2) is 4.79 Å². The summed E-state index contributed by atoms with van der Waals surface area (Å²) in [5.74, 6) is -0.617. The van der Waals surface area contributed by atoms with Crippen LogP contribution in [0.1, 0.15) is 16.8 Å². The van der Waals surface area contributed by atoms with Gasteiger partial charge in [-0.1, -0.05) is 0 Å². The molecule has 0 atom stereocenters. The lowest BCUT2D eigenvalue weighted by molar-refractivity contribution is -0.115. The number of hydrogen-bond acceptors (Lipinski definition) is 4. The molecule has 0 unspecified atom stereocenters. The van der Waals surface area contributed by atoms with Gasteiger partial charge in [-0.05, 0) is 24.5 Å². The van der Waals surface area contributed by atoms with Gasteiger partial charge in [-0.15, -0.1) is 0 Å². The Morgan fingerprint density at radius 2 is 2.18 bits per heavy atom. The number of carboxylic acid groups (broad SMARTS) is 1. The third-order valence-electron chi connectivity index (χ3n) is 2.08. The van der Waals surface area contributed by atoms with Crippen molar-refractivity contribution < 1.29 is 14.7 Å². The Morgan fingerprint density at radius 1 is 1.47 bits per heavy atom. The number of thioether (sulfide) groups is 1. The Labute approximate surface area is 103 Å². The summed E-state index contributed by atoms with van der Waals surface area (Å²) in [6.45, 7) is 0. The highest BCUT2D eigenvalue weighted by Gasteiger charge is 2.12. The van der Waals surface area contributed by atoms with Crippen LogP contribution in [0.15, 0.2) is 18.2 Å². The minimum Gasteiger partial charge on any atom is -0.478 e. The van der Waals surface area contributed by atoms with E-state index in [9.17, 15) is 9.59 Å². The van der Waals surface area contributed by atoms with Crippen LogP contribution in [0.25, 0.3) is 0 Å². The first kappa shape index (κ1) is 13.4. The molecule has 0 bridgehead atoms. The summed E-state index contributed by atoms with van der Waals surface area (Å²) in [6, 6.07) is 4.31. The molecular weight excluding hydrogens is 240 g/mol. The van der Waals surface area contributed by atoms with Crippen molar-refractivity contribution >= 4 is 35.0 Å². The van der Waals surface area contributed by atoms with Crippen LogP contribution in [0.3, 0.4) is 0 Å². The maximum absolute atomic E-state index is 11.5. The SMILES string of the molecule is CSCCC(=O)Nc1cc(N)ccc1C(=O)O. The molecule has 0 saturated carbocycles. The van der Waals surface area contributed by atoms with Gasteiger partial charge in [-0.3, -0.25) is 4.79 Å². The van der Waals surface area contributed by atoms with Crippen LogP contribution in [0, 0.1) is 0 Å². The fraction of sp³-hybridized carbons (Fsp3) is 0.273. The topological polar surface area (TPSA) is 92.4 Å². The first-order chi connectivity index (χ1) is 8.04. The second kappa shape index (κ2) is 6.15. The lowest BCUT2D eigenvalue weighted by atomic mass is 10.1. The zero-order chi connectivity index (χ0) is 12.8. The molecule has 4 N–H and O–H groups in total. The van der Waals surface area contributed by atoms with Crippen molar-refractivity contribution in [3.63, 3.8) is 0 Å². The highest BCUT2D eigenvalue weighted by molar-refractivity contribution is 7.98. The quantitative estimate of drug-likeness (QED) is 0.695. The van der Waals surface area contributed by atoms with Gasteiger partial charge in [0.2, 0.25) is 5.91 Å². The first-order valence-electron chi connectivity index (χ1n) is 4.96. The maximum Gasteiger partial charge on any atom is 0.337 e. The molecule has 0 aliphatic carbocycles. The summed E-state index contributed by atoms with van der Waals surface area (Å²) in [6.07, 6.45) is 2.24. The molecule has 5 nitrogen and oxygen atoms in total. The highest BCUT2D eigenvalue weighted by Crippen LogP contribution is 2.19. The smallest absolute Gasteiger partial charge is 0.337 e. The lowest BCUT2D eigenvalue weighted by Gasteiger charge is -2.08. The zero-order valence-electron chi connectivity index (χ0n) is 9.40. The third-order valence-corrected chi connectivity index (χ3v) is 2.69. The molecular formula is C11H14N2O3S. The molecule has 0 radical (unpaired) electrons. The van der Waals surface area contributed by atoms with Crippen LogP contribution in [0.5, 0.6) is 0 Å². The van der Waals surface area contributed by atoms with Crippen LogP contribution in [0.2, 0.25) is 0 Å². The molecule has 0 aliphatic rings. The highest BCUT2D eigenvalue weighted by atomic mass is 32.2. The fourth-order valence-electron chi connectivity index (χ4n) is 1.26. The summed E-state index contributed by atoms with van der Waals surface area (Å²) >= 11 is 1.55. The summed E-state index contributed by atoms with van der Waals surface area (Å²) in [4.78, 5) is 22.4. The van der Waals surface area contributed by atoms with Crippen LogP contribution >= 0.6 is 11.8 Å². The van der Waals surface area contributed by atoms with E-state index in [2.05, 4.69) is 5.32 Å². The molecule has 0 spiro atoms. The van der Waals surface area contributed by atoms with Gasteiger partial charge >= 0.3 is 5.97 Å². The molecule has 1 aromatic rings. The van der Waals surface area contributed by atoms with Crippen LogP contribution in [-0.2, 0) is 4.79 Å². The van der Waals surface area contributed by atoms with Gasteiger partial charge < -0.3 is 16.2 Å². The van der Waals surface area contributed by atoms with Crippen molar-refractivity contribution in [2.45, 2.75) is 6.42 Å². The van der Waals surface area contributed by atoms with Gasteiger partial charge in [0.05, 0.1) is 11.3 Å². The monoisotopic (exact) mass is 254 g/mol. The number of anilines is 2. The third kappa shape index (κ3) is 3.99. The molecule has 0 aromatic heterocycles. The van der Waals surface area contributed by atoms with E-state index in [1.54, 1.807) is 11.8 Å². The van der Waals surface area contributed by atoms with E-state index in [0.29, 0.717) is 17.9 Å². The predicted octanol–water partition coefficient (Wildman–Crippen LogP) is 1.66. The molecule has 0 aliphatic heterocycles. The predicted molar refractivity (Wildman–Crippen MR) is 69.4 cm³/mol. The van der Waals surface area contributed by atoms with Gasteiger partial charge in [0.1, 0.15) is 0 Å². The van der Waals surface area contributed by atoms with Gasteiger partial charge in [0.15, 0.2) is 0 Å². The second-order valence-corrected chi connectivity index (χ2v) is 4.39. The van der Waals surface area contributed by atoms with Crippen molar-refractivity contribution in [2.24, 2.45) is 0 Å². The Morgan fingerprint density at radius 3 is 2.76 bits per heavy atom. The van der Waals surface area contributed by atoms with E-state index in [-0.39, 0.29) is 17.2 Å². The Bertz CT molecular complexity index is 435. The fourth-order valence-corrected chi connectivity index (χ4v) is 1.65. The molecule has 1 aromatic carbocycles. The van der Waals surface area contributed by atoms with E-state index in [1.807, 2.05) is 6.26 Å². The number of hydrogen-bond donors (Lipinski definition) is 3. The van der Waals surface area contributed by atoms with Crippen molar-refractivity contribution in [3.05, 3.63) is 23.8 Å². The summed E-state index contributed by atoms with van der Waals surface area (Å²) in [7, 11) is 0. The molecule has 92 valence electrons. The van der Waals surface area contributed by atoms with E-state index < -0.39 is 5.97 Å². The van der Waals surface area contributed by atoms with Crippen molar-refractivity contribution in [2.75, 3.05) is 23.1 Å². The van der Waals surface area contributed by atoms with E-state index in [0.717, 1.165) is 0 Å². The van der Waals surface area contributed by atoms with Crippen molar-refractivity contribution in [1.82, 2.24) is 0 Å². The zero-order valence-corrected chi connectivity index (χ0v) is 10.2. The lowest BCUT2D eigenvalue weighted by Crippen LogP contribution is -2.15. The Hall–Kier alpha value is -1.69. The molecule has 1 amide bonds. The second-order valence-electron chi connectivity index (χ2n) is 3.40. The largest absolute Gasteiger partial charge is 0.478 e. The number of carbonyl (C=O) groups excluding carboxylic acids is 1. The number of rotatable bonds is 5. The van der Waals surface area contributed by atoms with Gasteiger partial charge in [-0.2, -0.15) is 11.8 Å².